The summed E-state index contributed by atoms with van der Waals surface area (Å²) in [6.07, 6.45) is 1.82. The molecule has 3 rings (SSSR count). The molecule has 3 aromatic rings. The average Bonchev–Trinajstić information content (AvgIpc) is 2.73. The molecule has 0 saturated heterocycles. The smallest absolute Gasteiger partial charge is 0.178 e. The number of benzene rings is 1. The standard InChI is InChI=1S/C12H8IN3/c13-9-6-10-12(14-7-9)16-11(15-10)8-4-2-1-3-5-8/h1-7H,(H,14,15,16). The zero-order valence-electron chi connectivity index (χ0n) is 8.31. The van der Waals surface area contributed by atoms with Crippen LogP contribution < -0.4 is 0 Å². The molecule has 3 nitrogen and oxygen atoms in total. The van der Waals surface area contributed by atoms with Crippen LogP contribution in [0.25, 0.3) is 22.6 Å². The molecule has 0 aliphatic rings. The molecule has 0 unspecified atom stereocenters. The first kappa shape index (κ1) is 9.77. The highest BCUT2D eigenvalue weighted by Gasteiger charge is 2.05. The first-order chi connectivity index (χ1) is 7.83. The summed E-state index contributed by atoms with van der Waals surface area (Å²) < 4.78 is 1.10. The monoisotopic (exact) mass is 321 g/mol. The molecule has 16 heavy (non-hydrogen) atoms. The van der Waals surface area contributed by atoms with Gasteiger partial charge in [-0.2, -0.15) is 0 Å². The third-order valence-corrected chi connectivity index (χ3v) is 2.94. The maximum Gasteiger partial charge on any atom is 0.178 e. The van der Waals surface area contributed by atoms with Crippen LogP contribution in [0.4, 0.5) is 0 Å². The van der Waals surface area contributed by atoms with Crippen molar-refractivity contribution < 1.29 is 0 Å². The van der Waals surface area contributed by atoms with E-state index in [1.165, 1.54) is 0 Å². The van der Waals surface area contributed by atoms with Gasteiger partial charge in [0.2, 0.25) is 0 Å². The lowest BCUT2D eigenvalue weighted by Gasteiger charge is -1.93. The van der Waals surface area contributed by atoms with Gasteiger partial charge in [0.25, 0.3) is 0 Å². The molecule has 0 aliphatic carbocycles. The summed E-state index contributed by atoms with van der Waals surface area (Å²) in [6, 6.07) is 12.1. The van der Waals surface area contributed by atoms with Crippen molar-refractivity contribution in [3.63, 3.8) is 0 Å². The SMILES string of the molecule is Ic1cnc2nc(-c3ccccc3)[nH]c2c1. The van der Waals surface area contributed by atoms with Gasteiger partial charge in [0.1, 0.15) is 5.82 Å². The van der Waals surface area contributed by atoms with Crippen LogP contribution in [0.3, 0.4) is 0 Å². The van der Waals surface area contributed by atoms with E-state index in [1.54, 1.807) is 0 Å². The van der Waals surface area contributed by atoms with E-state index in [0.29, 0.717) is 0 Å². The molecule has 1 aromatic carbocycles. The summed E-state index contributed by atoms with van der Waals surface area (Å²) in [5.74, 6) is 0.866. The zero-order chi connectivity index (χ0) is 11.0. The normalized spacial score (nSPS) is 10.8. The van der Waals surface area contributed by atoms with Gasteiger partial charge in [-0.05, 0) is 28.7 Å². The van der Waals surface area contributed by atoms with Crippen molar-refractivity contribution in [3.05, 3.63) is 46.2 Å². The third-order valence-electron chi connectivity index (χ3n) is 2.35. The van der Waals surface area contributed by atoms with Crippen molar-refractivity contribution in [2.75, 3.05) is 0 Å². The van der Waals surface area contributed by atoms with Gasteiger partial charge in [-0.15, -0.1) is 0 Å². The second-order valence-electron chi connectivity index (χ2n) is 3.48. The van der Waals surface area contributed by atoms with Crippen molar-refractivity contribution in [3.8, 4) is 11.4 Å². The van der Waals surface area contributed by atoms with Crippen LogP contribution in [0.1, 0.15) is 0 Å². The number of nitrogens with zero attached hydrogens (tertiary/aromatic N) is 2. The van der Waals surface area contributed by atoms with Crippen LogP contribution >= 0.6 is 22.6 Å². The van der Waals surface area contributed by atoms with Crippen molar-refractivity contribution in [2.24, 2.45) is 0 Å². The quantitative estimate of drug-likeness (QED) is 0.699. The summed E-state index contributed by atoms with van der Waals surface area (Å²) in [5.41, 5.74) is 2.82. The molecule has 0 amide bonds. The van der Waals surface area contributed by atoms with E-state index < -0.39 is 0 Å². The van der Waals surface area contributed by atoms with Crippen LogP contribution in [-0.4, -0.2) is 15.0 Å². The number of fused-ring (bicyclic) bond motifs is 1. The highest BCUT2D eigenvalue weighted by Crippen LogP contribution is 2.19. The molecule has 0 bridgehead atoms. The Labute approximate surface area is 106 Å². The van der Waals surface area contributed by atoms with Gasteiger partial charge >= 0.3 is 0 Å². The highest BCUT2D eigenvalue weighted by atomic mass is 127. The van der Waals surface area contributed by atoms with E-state index in [2.05, 4.69) is 37.5 Å². The van der Waals surface area contributed by atoms with Crippen LogP contribution in [0.2, 0.25) is 0 Å². The van der Waals surface area contributed by atoms with E-state index in [1.807, 2.05) is 42.6 Å². The van der Waals surface area contributed by atoms with Gasteiger partial charge in [0.15, 0.2) is 5.65 Å². The maximum atomic E-state index is 4.45. The second kappa shape index (κ2) is 3.86. The zero-order valence-corrected chi connectivity index (χ0v) is 10.5. The van der Waals surface area contributed by atoms with Crippen LogP contribution in [-0.2, 0) is 0 Å². The number of H-pyrrole nitrogens is 1. The van der Waals surface area contributed by atoms with Crippen molar-refractivity contribution >= 4 is 33.8 Å². The molecule has 2 aromatic heterocycles. The molecule has 1 N–H and O–H groups in total. The minimum Gasteiger partial charge on any atom is -0.337 e. The Balaban J connectivity index is 2.19. The predicted molar refractivity (Wildman–Crippen MR) is 72.0 cm³/mol. The lowest BCUT2D eigenvalue weighted by Crippen LogP contribution is -1.78. The van der Waals surface area contributed by atoms with Crippen LogP contribution in [0.15, 0.2) is 42.6 Å². The second-order valence-corrected chi connectivity index (χ2v) is 4.72. The fraction of sp³-hybridized carbons (Fsp3) is 0. The molecule has 0 aliphatic heterocycles. The molecule has 0 spiro atoms. The Morgan fingerprint density at radius 3 is 2.75 bits per heavy atom. The molecule has 0 saturated carbocycles. The molecule has 78 valence electrons. The number of hydrogen-bond donors (Lipinski definition) is 1. The van der Waals surface area contributed by atoms with Gasteiger partial charge in [0, 0.05) is 15.3 Å². The van der Waals surface area contributed by atoms with E-state index >= 15 is 0 Å². The minimum absolute atomic E-state index is 0.763. The Kier molecular flexibility index (Phi) is 2.36. The van der Waals surface area contributed by atoms with E-state index in [-0.39, 0.29) is 0 Å². The predicted octanol–water partition coefficient (Wildman–Crippen LogP) is 3.23. The van der Waals surface area contributed by atoms with Crippen LogP contribution in [0.5, 0.6) is 0 Å². The van der Waals surface area contributed by atoms with Gasteiger partial charge in [-0.25, -0.2) is 9.97 Å². The summed E-state index contributed by atoms with van der Waals surface area (Å²) >= 11 is 2.24. The summed E-state index contributed by atoms with van der Waals surface area (Å²) in [4.78, 5) is 12.0. The summed E-state index contributed by atoms with van der Waals surface area (Å²) in [6.45, 7) is 0. The number of imidazole rings is 1. The maximum absolute atomic E-state index is 4.45. The number of aromatic nitrogens is 3. The molecule has 4 heteroatoms. The van der Waals surface area contributed by atoms with Gasteiger partial charge in [0.05, 0.1) is 5.52 Å². The third kappa shape index (κ3) is 1.69. The molecule has 2 heterocycles. The van der Waals surface area contributed by atoms with Gasteiger partial charge in [-0.3, -0.25) is 0 Å². The lowest BCUT2D eigenvalue weighted by molar-refractivity contribution is 1.30. The first-order valence-corrected chi connectivity index (χ1v) is 5.97. The lowest BCUT2D eigenvalue weighted by atomic mass is 10.2. The Bertz CT molecular complexity index is 631. The van der Waals surface area contributed by atoms with Crippen molar-refractivity contribution in [1.82, 2.24) is 15.0 Å². The fourth-order valence-electron chi connectivity index (χ4n) is 1.61. The Hall–Kier alpha value is -1.43. The number of aromatic amines is 1. The molecule has 0 radical (unpaired) electrons. The topological polar surface area (TPSA) is 41.6 Å². The number of pyridine rings is 1. The molecule has 0 fully saturated rings. The van der Waals surface area contributed by atoms with E-state index in [4.69, 9.17) is 0 Å². The number of nitrogens with one attached hydrogen (secondary N) is 1. The van der Waals surface area contributed by atoms with Gasteiger partial charge in [-0.1, -0.05) is 30.3 Å². The molecule has 0 atom stereocenters. The Morgan fingerprint density at radius 1 is 1.12 bits per heavy atom. The number of hydrogen-bond acceptors (Lipinski definition) is 2. The largest absolute Gasteiger partial charge is 0.337 e. The van der Waals surface area contributed by atoms with Crippen molar-refractivity contribution in [2.45, 2.75) is 0 Å². The molecular formula is C12H8IN3. The van der Waals surface area contributed by atoms with Crippen LogP contribution in [0, 0.1) is 3.57 Å². The van der Waals surface area contributed by atoms with E-state index in [9.17, 15) is 0 Å². The average molecular weight is 321 g/mol. The fourth-order valence-corrected chi connectivity index (χ4v) is 2.06. The Morgan fingerprint density at radius 2 is 1.94 bits per heavy atom. The first-order valence-electron chi connectivity index (χ1n) is 4.89. The number of rotatable bonds is 1. The summed E-state index contributed by atoms with van der Waals surface area (Å²) in [5, 5.41) is 0. The molecular weight excluding hydrogens is 313 g/mol. The van der Waals surface area contributed by atoms with Crippen molar-refractivity contribution in [1.29, 1.82) is 0 Å². The number of halogens is 1. The minimum atomic E-state index is 0.763. The van der Waals surface area contributed by atoms with Gasteiger partial charge < -0.3 is 4.98 Å². The van der Waals surface area contributed by atoms with E-state index in [0.717, 1.165) is 26.1 Å². The summed E-state index contributed by atoms with van der Waals surface area (Å²) in [7, 11) is 0. The highest BCUT2D eigenvalue weighted by molar-refractivity contribution is 14.1.